The van der Waals surface area contributed by atoms with Crippen LogP contribution < -0.4 is 0 Å². The van der Waals surface area contributed by atoms with Crippen LogP contribution in [-0.2, 0) is 0 Å². The monoisotopic (exact) mass is 413 g/mol. The minimum Gasteiger partial charge on any atom is -0.396 e. The molecule has 0 saturated carbocycles. The molecule has 1 atom stereocenters. The topological polar surface area (TPSA) is 63.4 Å². The molecule has 0 amide bonds. The fraction of sp³-hybridized carbons (Fsp3) is 1.00. The second-order valence-electron chi connectivity index (χ2n) is 9.34. The lowest BCUT2D eigenvalue weighted by molar-refractivity contribution is -0.568. The van der Waals surface area contributed by atoms with Crippen molar-refractivity contribution in [2.45, 2.75) is 154 Å². The molecule has 0 fully saturated rings. The Morgan fingerprint density at radius 2 is 0.931 bits per heavy atom. The molecule has 4 nitrogen and oxygen atoms in total. The largest absolute Gasteiger partial charge is 0.396 e. The molecule has 0 radical (unpaired) electrons. The molecule has 0 rings (SSSR count). The molecule has 0 saturated heterocycles. The van der Waals surface area contributed by atoms with Crippen molar-refractivity contribution < 1.29 is 10.0 Å². The molecule has 0 aromatic carbocycles. The van der Waals surface area contributed by atoms with Crippen LogP contribution in [0.3, 0.4) is 0 Å². The van der Waals surface area contributed by atoms with E-state index >= 15 is 0 Å². The lowest BCUT2D eigenvalue weighted by Gasteiger charge is -2.20. The predicted molar refractivity (Wildman–Crippen MR) is 125 cm³/mol. The van der Waals surface area contributed by atoms with Crippen LogP contribution in [0.4, 0.5) is 0 Å². The Morgan fingerprint density at radius 3 is 1.24 bits per heavy atom. The molecular weight excluding hydrogens is 362 g/mol. The summed E-state index contributed by atoms with van der Waals surface area (Å²) in [6.07, 6.45) is 25.7. The fourth-order valence-electron chi connectivity index (χ4n) is 4.17. The van der Waals surface area contributed by atoms with E-state index in [9.17, 15) is 10.1 Å². The normalized spacial score (nSPS) is 13.5. The maximum atomic E-state index is 11.3. The molecule has 1 unspecified atom stereocenters. The zero-order valence-corrected chi connectivity index (χ0v) is 19.8. The number of hydrogen-bond donors (Lipinski definition) is 1. The average Bonchev–Trinajstić information content (AvgIpc) is 2.71. The van der Waals surface area contributed by atoms with E-state index in [1.54, 1.807) is 6.92 Å². The number of aliphatic hydroxyl groups excluding tert-OH is 1. The SMILES string of the molecule is CCCCCCCCCCCCCCCCCCCCC(C)(CCCO)[N+](=O)[O-]. The lowest BCUT2D eigenvalue weighted by Crippen LogP contribution is -2.35. The van der Waals surface area contributed by atoms with Crippen molar-refractivity contribution in [2.75, 3.05) is 6.61 Å². The van der Waals surface area contributed by atoms with Crippen molar-refractivity contribution in [3.8, 4) is 0 Å². The number of rotatable bonds is 23. The van der Waals surface area contributed by atoms with E-state index in [0.717, 1.165) is 12.8 Å². The van der Waals surface area contributed by atoms with Crippen molar-refractivity contribution in [3.63, 3.8) is 0 Å². The molecule has 0 aromatic rings. The van der Waals surface area contributed by atoms with Crippen molar-refractivity contribution in [3.05, 3.63) is 10.1 Å². The van der Waals surface area contributed by atoms with Gasteiger partial charge in [-0.05, 0) is 12.8 Å². The predicted octanol–water partition coefficient (Wildman–Crippen LogP) is 8.23. The molecular formula is C25H51NO3. The van der Waals surface area contributed by atoms with Crippen LogP contribution in [0.5, 0.6) is 0 Å². The molecule has 0 aliphatic rings. The summed E-state index contributed by atoms with van der Waals surface area (Å²) in [6.45, 7) is 4.05. The van der Waals surface area contributed by atoms with Gasteiger partial charge in [0.1, 0.15) is 0 Å². The van der Waals surface area contributed by atoms with Gasteiger partial charge in [-0.1, -0.05) is 116 Å². The lowest BCUT2D eigenvalue weighted by atomic mass is 9.90. The van der Waals surface area contributed by atoms with E-state index in [4.69, 9.17) is 5.11 Å². The minimum atomic E-state index is -0.849. The Hall–Kier alpha value is -0.640. The first kappa shape index (κ1) is 28.4. The van der Waals surface area contributed by atoms with Crippen LogP contribution in [-0.4, -0.2) is 22.2 Å². The van der Waals surface area contributed by atoms with E-state index < -0.39 is 5.54 Å². The summed E-state index contributed by atoms with van der Waals surface area (Å²) in [5, 5.41) is 20.2. The second kappa shape index (κ2) is 20.6. The summed E-state index contributed by atoms with van der Waals surface area (Å²) in [6, 6.07) is 0. The summed E-state index contributed by atoms with van der Waals surface area (Å²) < 4.78 is 0. The van der Waals surface area contributed by atoms with Crippen LogP contribution in [0.1, 0.15) is 149 Å². The van der Waals surface area contributed by atoms with Crippen LogP contribution in [0.2, 0.25) is 0 Å². The molecule has 1 N–H and O–H groups in total. The number of hydrogen-bond acceptors (Lipinski definition) is 3. The molecule has 4 heteroatoms. The highest BCUT2D eigenvalue weighted by atomic mass is 16.6. The van der Waals surface area contributed by atoms with Gasteiger partial charge < -0.3 is 5.11 Å². The first-order valence-corrected chi connectivity index (χ1v) is 12.8. The Bertz CT molecular complexity index is 362. The molecule has 174 valence electrons. The second-order valence-corrected chi connectivity index (χ2v) is 9.34. The molecule has 0 heterocycles. The third-order valence-corrected chi connectivity index (χ3v) is 6.38. The Labute approximate surface area is 181 Å². The standard InChI is InChI=1S/C25H51NO3/c1-3-4-5-6-7-8-9-10-11-12-13-14-15-16-17-18-19-20-22-25(2,26(28)29)23-21-24-27/h27H,3-24H2,1-2H3. The molecule has 0 aromatic heterocycles. The van der Waals surface area contributed by atoms with E-state index in [2.05, 4.69) is 6.92 Å². The summed E-state index contributed by atoms with van der Waals surface area (Å²) in [4.78, 5) is 11.1. The maximum absolute atomic E-state index is 11.3. The summed E-state index contributed by atoms with van der Waals surface area (Å²) in [5.74, 6) is 0. The third kappa shape index (κ3) is 17.9. The van der Waals surface area contributed by atoms with Gasteiger partial charge in [-0.25, -0.2) is 0 Å². The minimum absolute atomic E-state index is 0.0442. The third-order valence-electron chi connectivity index (χ3n) is 6.38. The van der Waals surface area contributed by atoms with Crippen LogP contribution in [0.15, 0.2) is 0 Å². The van der Waals surface area contributed by atoms with E-state index in [-0.39, 0.29) is 11.5 Å². The van der Waals surface area contributed by atoms with Gasteiger partial charge in [0.2, 0.25) is 5.54 Å². The van der Waals surface area contributed by atoms with Gasteiger partial charge in [0.05, 0.1) is 0 Å². The molecule has 0 spiro atoms. The van der Waals surface area contributed by atoms with Crippen LogP contribution in [0.25, 0.3) is 0 Å². The van der Waals surface area contributed by atoms with Gasteiger partial charge in [-0.3, -0.25) is 10.1 Å². The highest BCUT2D eigenvalue weighted by Crippen LogP contribution is 2.24. The molecule has 0 bridgehead atoms. The van der Waals surface area contributed by atoms with Crippen molar-refractivity contribution in [1.82, 2.24) is 0 Å². The van der Waals surface area contributed by atoms with Gasteiger partial charge in [0.15, 0.2) is 0 Å². The van der Waals surface area contributed by atoms with Crippen molar-refractivity contribution >= 4 is 0 Å². The first-order chi connectivity index (χ1) is 14.1. The summed E-state index contributed by atoms with van der Waals surface area (Å²) in [7, 11) is 0. The molecule has 0 aliphatic carbocycles. The van der Waals surface area contributed by atoms with E-state index in [1.165, 1.54) is 103 Å². The zero-order chi connectivity index (χ0) is 21.6. The van der Waals surface area contributed by atoms with Gasteiger partial charge in [0, 0.05) is 31.3 Å². The number of unbranched alkanes of at least 4 members (excludes halogenated alkanes) is 17. The van der Waals surface area contributed by atoms with Crippen molar-refractivity contribution in [2.24, 2.45) is 0 Å². The highest BCUT2D eigenvalue weighted by molar-refractivity contribution is 4.73. The van der Waals surface area contributed by atoms with Gasteiger partial charge in [-0.15, -0.1) is 0 Å². The fourth-order valence-corrected chi connectivity index (χ4v) is 4.17. The highest BCUT2D eigenvalue weighted by Gasteiger charge is 2.35. The number of nitrogens with zero attached hydrogens (tertiary/aromatic N) is 1. The van der Waals surface area contributed by atoms with E-state index in [0.29, 0.717) is 19.3 Å². The quantitative estimate of drug-likeness (QED) is 0.104. The first-order valence-electron chi connectivity index (χ1n) is 12.8. The number of nitro groups is 1. The smallest absolute Gasteiger partial charge is 0.219 e. The Balaban J connectivity index is 3.32. The van der Waals surface area contributed by atoms with Gasteiger partial charge in [0.25, 0.3) is 0 Å². The summed E-state index contributed by atoms with van der Waals surface area (Å²) in [5.41, 5.74) is -0.849. The Morgan fingerprint density at radius 1 is 0.621 bits per heavy atom. The van der Waals surface area contributed by atoms with Gasteiger partial charge in [-0.2, -0.15) is 0 Å². The number of aliphatic hydroxyl groups is 1. The van der Waals surface area contributed by atoms with Crippen LogP contribution in [0, 0.1) is 10.1 Å². The van der Waals surface area contributed by atoms with Gasteiger partial charge >= 0.3 is 0 Å². The molecule has 29 heavy (non-hydrogen) atoms. The summed E-state index contributed by atoms with van der Waals surface area (Å²) >= 11 is 0. The van der Waals surface area contributed by atoms with E-state index in [1.807, 2.05) is 0 Å². The van der Waals surface area contributed by atoms with Crippen LogP contribution >= 0.6 is 0 Å². The average molecular weight is 414 g/mol. The molecule has 0 aliphatic heterocycles. The Kier molecular flexibility index (Phi) is 20.2. The zero-order valence-electron chi connectivity index (χ0n) is 19.8. The van der Waals surface area contributed by atoms with Crippen molar-refractivity contribution in [1.29, 1.82) is 0 Å². The maximum Gasteiger partial charge on any atom is 0.219 e.